The first-order valence-electron chi connectivity index (χ1n) is 5.53. The number of aromatic nitrogens is 2. The third kappa shape index (κ3) is 3.06. The highest BCUT2D eigenvalue weighted by atomic mass is 16.2. The largest absolute Gasteiger partial charge is 0.337 e. The molecule has 90 valence electrons. The Morgan fingerprint density at radius 1 is 1.69 bits per heavy atom. The summed E-state index contributed by atoms with van der Waals surface area (Å²) in [5, 5.41) is 0. The average molecular weight is 224 g/mol. The van der Waals surface area contributed by atoms with E-state index in [1.165, 1.54) is 0 Å². The molecular weight excluding hydrogens is 204 g/mol. The summed E-state index contributed by atoms with van der Waals surface area (Å²) in [5.74, 6) is 0.837. The van der Waals surface area contributed by atoms with Gasteiger partial charge in [-0.05, 0) is 6.42 Å². The SMILES string of the molecule is CCC[C@H](N)C(=O)N(C)Cc1nccn1C. The van der Waals surface area contributed by atoms with Crippen LogP contribution < -0.4 is 5.73 Å². The van der Waals surface area contributed by atoms with Crippen LogP contribution >= 0.6 is 0 Å². The molecule has 0 bridgehead atoms. The van der Waals surface area contributed by atoms with E-state index >= 15 is 0 Å². The summed E-state index contributed by atoms with van der Waals surface area (Å²) in [7, 11) is 3.67. The second-order valence-electron chi connectivity index (χ2n) is 4.04. The lowest BCUT2D eigenvalue weighted by Gasteiger charge is -2.20. The topological polar surface area (TPSA) is 64.2 Å². The van der Waals surface area contributed by atoms with Gasteiger partial charge in [0.05, 0.1) is 12.6 Å². The minimum Gasteiger partial charge on any atom is -0.337 e. The molecular formula is C11H20N4O. The maximum Gasteiger partial charge on any atom is 0.239 e. The van der Waals surface area contributed by atoms with Gasteiger partial charge < -0.3 is 15.2 Å². The van der Waals surface area contributed by atoms with E-state index in [0.29, 0.717) is 6.54 Å². The van der Waals surface area contributed by atoms with E-state index in [4.69, 9.17) is 5.73 Å². The van der Waals surface area contributed by atoms with Gasteiger partial charge in [-0.15, -0.1) is 0 Å². The Balaban J connectivity index is 2.55. The molecule has 0 saturated heterocycles. The average Bonchev–Trinajstić information content (AvgIpc) is 2.63. The standard InChI is InChI=1S/C11H20N4O/c1-4-5-9(12)11(16)15(3)8-10-13-6-7-14(10)2/h6-7,9H,4-5,8,12H2,1-3H3/t9-/m0/s1. The van der Waals surface area contributed by atoms with Crippen molar-refractivity contribution in [3.8, 4) is 0 Å². The van der Waals surface area contributed by atoms with Gasteiger partial charge in [-0.2, -0.15) is 0 Å². The van der Waals surface area contributed by atoms with E-state index < -0.39 is 6.04 Å². The predicted octanol–water partition coefficient (Wildman–Crippen LogP) is 0.506. The van der Waals surface area contributed by atoms with Gasteiger partial charge in [0.25, 0.3) is 0 Å². The zero-order chi connectivity index (χ0) is 12.1. The number of rotatable bonds is 5. The molecule has 0 aliphatic heterocycles. The molecule has 0 aliphatic carbocycles. The summed E-state index contributed by atoms with van der Waals surface area (Å²) in [6.07, 6.45) is 5.23. The number of hydrogen-bond acceptors (Lipinski definition) is 3. The number of aryl methyl sites for hydroxylation is 1. The number of imidazole rings is 1. The smallest absolute Gasteiger partial charge is 0.239 e. The fourth-order valence-corrected chi connectivity index (χ4v) is 1.56. The van der Waals surface area contributed by atoms with E-state index in [9.17, 15) is 4.79 Å². The highest BCUT2D eigenvalue weighted by Crippen LogP contribution is 2.03. The number of nitrogens with zero attached hydrogens (tertiary/aromatic N) is 3. The summed E-state index contributed by atoms with van der Waals surface area (Å²) in [6, 6.07) is -0.393. The monoisotopic (exact) mass is 224 g/mol. The van der Waals surface area contributed by atoms with Gasteiger partial charge in [-0.1, -0.05) is 13.3 Å². The molecule has 5 heteroatoms. The molecule has 1 amide bonds. The van der Waals surface area contributed by atoms with Gasteiger partial charge >= 0.3 is 0 Å². The van der Waals surface area contributed by atoms with Crippen molar-refractivity contribution in [2.24, 2.45) is 12.8 Å². The first-order valence-corrected chi connectivity index (χ1v) is 5.53. The maximum absolute atomic E-state index is 11.8. The molecule has 1 atom stereocenters. The molecule has 2 N–H and O–H groups in total. The highest BCUT2D eigenvalue weighted by molar-refractivity contribution is 5.81. The van der Waals surface area contributed by atoms with Gasteiger partial charge in [0.1, 0.15) is 5.82 Å². The summed E-state index contributed by atoms with van der Waals surface area (Å²) in [5.41, 5.74) is 5.78. The van der Waals surface area contributed by atoms with E-state index in [1.807, 2.05) is 24.7 Å². The summed E-state index contributed by atoms with van der Waals surface area (Å²) >= 11 is 0. The number of nitrogens with two attached hydrogens (primary N) is 1. The van der Waals surface area contributed by atoms with Crippen molar-refractivity contribution in [1.29, 1.82) is 0 Å². The lowest BCUT2D eigenvalue weighted by Crippen LogP contribution is -2.41. The molecule has 0 unspecified atom stereocenters. The quantitative estimate of drug-likeness (QED) is 0.792. The van der Waals surface area contributed by atoms with Crippen LogP contribution in [0.1, 0.15) is 25.6 Å². The van der Waals surface area contributed by atoms with Crippen molar-refractivity contribution >= 4 is 5.91 Å². The third-order valence-corrected chi connectivity index (χ3v) is 2.59. The Hall–Kier alpha value is -1.36. The van der Waals surface area contributed by atoms with Gasteiger partial charge in [0.2, 0.25) is 5.91 Å². The van der Waals surface area contributed by atoms with Crippen molar-refractivity contribution in [3.05, 3.63) is 18.2 Å². The van der Waals surface area contributed by atoms with Crippen LogP contribution in [0.2, 0.25) is 0 Å². The Morgan fingerprint density at radius 3 is 2.88 bits per heavy atom. The molecule has 1 heterocycles. The number of amides is 1. The molecule has 0 spiro atoms. The molecule has 1 aromatic rings. The van der Waals surface area contributed by atoms with Crippen LogP contribution in [0.15, 0.2) is 12.4 Å². The van der Waals surface area contributed by atoms with E-state index in [1.54, 1.807) is 18.1 Å². The van der Waals surface area contributed by atoms with Crippen molar-refractivity contribution in [1.82, 2.24) is 14.5 Å². The van der Waals surface area contributed by atoms with Crippen LogP contribution in [0.4, 0.5) is 0 Å². The molecule has 0 fully saturated rings. The fraction of sp³-hybridized carbons (Fsp3) is 0.636. The summed E-state index contributed by atoms with van der Waals surface area (Å²) in [6.45, 7) is 2.52. The van der Waals surface area contributed by atoms with Gasteiger partial charge in [-0.25, -0.2) is 4.98 Å². The van der Waals surface area contributed by atoms with Crippen LogP contribution in [0.5, 0.6) is 0 Å². The lowest BCUT2D eigenvalue weighted by molar-refractivity contribution is -0.132. The zero-order valence-corrected chi connectivity index (χ0v) is 10.2. The van der Waals surface area contributed by atoms with E-state index in [-0.39, 0.29) is 5.91 Å². The summed E-state index contributed by atoms with van der Waals surface area (Å²) < 4.78 is 1.90. The first kappa shape index (κ1) is 12.7. The van der Waals surface area contributed by atoms with E-state index in [0.717, 1.165) is 18.7 Å². The Kier molecular flexibility index (Phi) is 4.49. The van der Waals surface area contributed by atoms with Crippen LogP contribution in [-0.4, -0.2) is 33.4 Å². The number of hydrogen-bond donors (Lipinski definition) is 1. The summed E-state index contributed by atoms with van der Waals surface area (Å²) in [4.78, 5) is 17.6. The van der Waals surface area contributed by atoms with Crippen LogP contribution in [0.25, 0.3) is 0 Å². The number of likely N-dealkylation sites (N-methyl/N-ethyl adjacent to an activating group) is 1. The minimum absolute atomic E-state index is 0.0233. The number of carbonyl (C=O) groups is 1. The minimum atomic E-state index is -0.393. The Morgan fingerprint density at radius 2 is 2.38 bits per heavy atom. The van der Waals surface area contributed by atoms with Crippen molar-refractivity contribution in [2.45, 2.75) is 32.4 Å². The van der Waals surface area contributed by atoms with Gasteiger partial charge in [0.15, 0.2) is 0 Å². The lowest BCUT2D eigenvalue weighted by atomic mass is 10.1. The Bertz CT molecular complexity index is 348. The van der Waals surface area contributed by atoms with Crippen LogP contribution in [0.3, 0.4) is 0 Å². The predicted molar refractivity (Wildman–Crippen MR) is 62.6 cm³/mol. The van der Waals surface area contributed by atoms with E-state index in [2.05, 4.69) is 4.98 Å². The molecule has 1 aromatic heterocycles. The van der Waals surface area contributed by atoms with Crippen molar-refractivity contribution in [2.75, 3.05) is 7.05 Å². The van der Waals surface area contributed by atoms with Crippen molar-refractivity contribution in [3.63, 3.8) is 0 Å². The molecule has 5 nitrogen and oxygen atoms in total. The fourth-order valence-electron chi connectivity index (χ4n) is 1.56. The van der Waals surface area contributed by atoms with Gasteiger partial charge in [0, 0.05) is 26.5 Å². The second-order valence-corrected chi connectivity index (χ2v) is 4.04. The second kappa shape index (κ2) is 5.65. The molecule has 1 rings (SSSR count). The molecule has 0 saturated carbocycles. The first-order chi connectivity index (χ1) is 7.56. The zero-order valence-electron chi connectivity index (χ0n) is 10.2. The third-order valence-electron chi connectivity index (χ3n) is 2.59. The maximum atomic E-state index is 11.8. The van der Waals surface area contributed by atoms with Crippen LogP contribution in [-0.2, 0) is 18.4 Å². The molecule has 16 heavy (non-hydrogen) atoms. The molecule has 0 radical (unpaired) electrons. The Labute approximate surface area is 96.3 Å². The van der Waals surface area contributed by atoms with Crippen LogP contribution in [0, 0.1) is 0 Å². The molecule has 0 aromatic carbocycles. The van der Waals surface area contributed by atoms with Crippen molar-refractivity contribution < 1.29 is 4.79 Å². The van der Waals surface area contributed by atoms with Gasteiger partial charge in [-0.3, -0.25) is 4.79 Å². The normalized spacial score (nSPS) is 12.5. The molecule has 0 aliphatic rings. The highest BCUT2D eigenvalue weighted by Gasteiger charge is 2.18. The number of carbonyl (C=O) groups excluding carboxylic acids is 1.